The standard InChI is InChI=1S/C17H16N4O3/c1-10-7-17(23)24-13-8-11(5-6-12(10)13)20-16(22)9-19-15-4-2-3-14(18)21-15/h2-8H,9H2,1H3,(H,20,22)(H3,18,19,21). The molecule has 7 heteroatoms. The zero-order chi connectivity index (χ0) is 17.1. The number of pyridine rings is 1. The number of nitrogens with two attached hydrogens (primary N) is 1. The Bertz CT molecular complexity index is 965. The van der Waals surface area contributed by atoms with Gasteiger partial charge in [0.25, 0.3) is 0 Å². The van der Waals surface area contributed by atoms with Gasteiger partial charge >= 0.3 is 5.63 Å². The molecule has 0 fully saturated rings. The minimum atomic E-state index is -0.419. The molecular weight excluding hydrogens is 308 g/mol. The molecule has 1 amide bonds. The van der Waals surface area contributed by atoms with Gasteiger partial charge in [-0.15, -0.1) is 0 Å². The Labute approximate surface area is 137 Å². The molecule has 0 saturated heterocycles. The van der Waals surface area contributed by atoms with E-state index in [1.807, 2.05) is 6.92 Å². The normalized spacial score (nSPS) is 10.5. The summed E-state index contributed by atoms with van der Waals surface area (Å²) in [5, 5.41) is 6.45. The van der Waals surface area contributed by atoms with Gasteiger partial charge < -0.3 is 20.8 Å². The Hall–Kier alpha value is -3.35. The second kappa shape index (κ2) is 6.41. The fourth-order valence-corrected chi connectivity index (χ4v) is 2.33. The first-order valence-electron chi connectivity index (χ1n) is 7.32. The number of nitrogens with one attached hydrogen (secondary N) is 2. The van der Waals surface area contributed by atoms with Gasteiger partial charge in [0.1, 0.15) is 17.2 Å². The SMILES string of the molecule is Cc1cc(=O)oc2cc(NC(=O)CNc3cccc(N)n3)ccc12. The van der Waals surface area contributed by atoms with Crippen molar-refractivity contribution in [2.45, 2.75) is 6.92 Å². The predicted molar refractivity (Wildman–Crippen MR) is 93.0 cm³/mol. The highest BCUT2D eigenvalue weighted by Crippen LogP contribution is 2.20. The first-order chi connectivity index (χ1) is 11.5. The van der Waals surface area contributed by atoms with Gasteiger partial charge in [-0.1, -0.05) is 6.07 Å². The van der Waals surface area contributed by atoms with Crippen molar-refractivity contribution in [2.75, 3.05) is 22.9 Å². The van der Waals surface area contributed by atoms with Crippen LogP contribution in [0.5, 0.6) is 0 Å². The number of benzene rings is 1. The van der Waals surface area contributed by atoms with E-state index >= 15 is 0 Å². The highest BCUT2D eigenvalue weighted by molar-refractivity contribution is 5.95. The van der Waals surface area contributed by atoms with Crippen LogP contribution in [-0.4, -0.2) is 17.4 Å². The number of nitrogens with zero attached hydrogens (tertiary/aromatic N) is 1. The number of nitrogen functional groups attached to an aromatic ring is 1. The summed E-state index contributed by atoms with van der Waals surface area (Å²) in [7, 11) is 0. The Morgan fingerprint density at radius 3 is 2.88 bits per heavy atom. The Morgan fingerprint density at radius 1 is 1.25 bits per heavy atom. The van der Waals surface area contributed by atoms with E-state index < -0.39 is 5.63 Å². The topological polar surface area (TPSA) is 110 Å². The minimum Gasteiger partial charge on any atom is -0.423 e. The van der Waals surface area contributed by atoms with Crippen LogP contribution in [0.4, 0.5) is 17.3 Å². The molecule has 0 unspecified atom stereocenters. The van der Waals surface area contributed by atoms with Crippen LogP contribution in [-0.2, 0) is 4.79 Å². The predicted octanol–water partition coefficient (Wildman–Crippen LogP) is 2.13. The Balaban J connectivity index is 1.70. The van der Waals surface area contributed by atoms with Gasteiger partial charge in [0.2, 0.25) is 5.91 Å². The summed E-state index contributed by atoms with van der Waals surface area (Å²) >= 11 is 0. The molecular formula is C17H16N4O3. The number of rotatable bonds is 4. The van der Waals surface area contributed by atoms with E-state index in [4.69, 9.17) is 10.2 Å². The monoisotopic (exact) mass is 324 g/mol. The van der Waals surface area contributed by atoms with E-state index in [1.165, 1.54) is 6.07 Å². The molecule has 0 atom stereocenters. The number of hydrogen-bond donors (Lipinski definition) is 3. The van der Waals surface area contributed by atoms with Crippen LogP contribution in [0.25, 0.3) is 11.0 Å². The lowest BCUT2D eigenvalue weighted by molar-refractivity contribution is -0.114. The number of anilines is 3. The largest absolute Gasteiger partial charge is 0.423 e. The molecule has 4 N–H and O–H groups in total. The third-order valence-corrected chi connectivity index (χ3v) is 3.44. The lowest BCUT2D eigenvalue weighted by Gasteiger charge is -2.08. The average Bonchev–Trinajstić information content (AvgIpc) is 2.52. The highest BCUT2D eigenvalue weighted by Gasteiger charge is 2.07. The molecule has 3 rings (SSSR count). The summed E-state index contributed by atoms with van der Waals surface area (Å²) in [4.78, 5) is 27.5. The van der Waals surface area contributed by atoms with E-state index in [-0.39, 0.29) is 12.5 Å². The zero-order valence-corrected chi connectivity index (χ0v) is 13.0. The van der Waals surface area contributed by atoms with Crippen molar-refractivity contribution in [3.05, 3.63) is 58.4 Å². The van der Waals surface area contributed by atoms with Gasteiger partial charge in [-0.3, -0.25) is 4.79 Å². The number of aromatic nitrogens is 1. The minimum absolute atomic E-state index is 0.0340. The zero-order valence-electron chi connectivity index (χ0n) is 13.0. The molecule has 3 aromatic rings. The van der Waals surface area contributed by atoms with Crippen molar-refractivity contribution < 1.29 is 9.21 Å². The third kappa shape index (κ3) is 3.52. The van der Waals surface area contributed by atoms with Crippen LogP contribution in [0, 0.1) is 6.92 Å². The number of fused-ring (bicyclic) bond motifs is 1. The first kappa shape index (κ1) is 15.5. The highest BCUT2D eigenvalue weighted by atomic mass is 16.4. The molecule has 0 radical (unpaired) electrons. The van der Waals surface area contributed by atoms with E-state index in [9.17, 15) is 9.59 Å². The first-order valence-corrected chi connectivity index (χ1v) is 7.32. The fraction of sp³-hybridized carbons (Fsp3) is 0.118. The van der Waals surface area contributed by atoms with Gasteiger partial charge in [0.15, 0.2) is 0 Å². The molecule has 0 saturated carbocycles. The number of amides is 1. The van der Waals surface area contributed by atoms with Gasteiger partial charge in [0, 0.05) is 23.2 Å². The van der Waals surface area contributed by atoms with E-state index in [1.54, 1.807) is 36.4 Å². The quantitative estimate of drug-likeness (QED) is 0.634. The molecule has 2 heterocycles. The number of hydrogen-bond acceptors (Lipinski definition) is 6. The second-order valence-electron chi connectivity index (χ2n) is 5.31. The second-order valence-corrected chi connectivity index (χ2v) is 5.31. The van der Waals surface area contributed by atoms with Crippen LogP contribution < -0.4 is 22.0 Å². The van der Waals surface area contributed by atoms with E-state index in [0.29, 0.717) is 22.9 Å². The van der Waals surface area contributed by atoms with Crippen molar-refractivity contribution in [3.63, 3.8) is 0 Å². The number of carbonyl (C=O) groups is 1. The van der Waals surface area contributed by atoms with Crippen LogP contribution in [0.2, 0.25) is 0 Å². The van der Waals surface area contributed by atoms with Gasteiger partial charge in [-0.05, 0) is 36.8 Å². The lowest BCUT2D eigenvalue weighted by Crippen LogP contribution is -2.22. The van der Waals surface area contributed by atoms with Crippen LogP contribution in [0.15, 0.2) is 51.7 Å². The van der Waals surface area contributed by atoms with Crippen molar-refractivity contribution in [1.29, 1.82) is 0 Å². The molecule has 1 aromatic carbocycles. The maximum atomic E-state index is 12.0. The molecule has 0 bridgehead atoms. The number of aryl methyl sites for hydroxylation is 1. The lowest BCUT2D eigenvalue weighted by atomic mass is 10.1. The van der Waals surface area contributed by atoms with Crippen LogP contribution in [0.1, 0.15) is 5.56 Å². The Kier molecular flexibility index (Phi) is 4.15. The number of carbonyl (C=O) groups excluding carboxylic acids is 1. The smallest absolute Gasteiger partial charge is 0.336 e. The summed E-state index contributed by atoms with van der Waals surface area (Å²) in [6.07, 6.45) is 0. The van der Waals surface area contributed by atoms with Gasteiger partial charge in [0.05, 0.1) is 6.54 Å². The van der Waals surface area contributed by atoms with Crippen molar-refractivity contribution in [2.24, 2.45) is 0 Å². The molecule has 122 valence electrons. The molecule has 0 spiro atoms. The average molecular weight is 324 g/mol. The van der Waals surface area contributed by atoms with Crippen LogP contribution >= 0.6 is 0 Å². The summed E-state index contributed by atoms with van der Waals surface area (Å²) in [5.74, 6) is 0.638. The van der Waals surface area contributed by atoms with E-state index in [2.05, 4.69) is 15.6 Å². The maximum absolute atomic E-state index is 12.0. The summed E-state index contributed by atoms with van der Waals surface area (Å²) in [5.41, 5.74) is 6.97. The maximum Gasteiger partial charge on any atom is 0.336 e. The third-order valence-electron chi connectivity index (χ3n) is 3.44. The summed E-state index contributed by atoms with van der Waals surface area (Å²) < 4.78 is 5.16. The van der Waals surface area contributed by atoms with E-state index in [0.717, 1.165) is 10.9 Å². The molecule has 0 aliphatic rings. The summed E-state index contributed by atoms with van der Waals surface area (Å²) in [6, 6.07) is 11.7. The molecule has 0 aliphatic carbocycles. The molecule has 7 nitrogen and oxygen atoms in total. The van der Waals surface area contributed by atoms with Crippen molar-refractivity contribution >= 4 is 34.2 Å². The van der Waals surface area contributed by atoms with Crippen molar-refractivity contribution in [1.82, 2.24) is 4.98 Å². The van der Waals surface area contributed by atoms with Crippen LogP contribution in [0.3, 0.4) is 0 Å². The summed E-state index contributed by atoms with van der Waals surface area (Å²) in [6.45, 7) is 1.87. The Morgan fingerprint density at radius 2 is 2.08 bits per heavy atom. The fourth-order valence-electron chi connectivity index (χ4n) is 2.33. The van der Waals surface area contributed by atoms with Gasteiger partial charge in [-0.2, -0.15) is 0 Å². The van der Waals surface area contributed by atoms with Crippen molar-refractivity contribution in [3.8, 4) is 0 Å². The molecule has 0 aliphatic heterocycles. The molecule has 24 heavy (non-hydrogen) atoms. The molecule has 2 aromatic heterocycles. The van der Waals surface area contributed by atoms with Gasteiger partial charge in [-0.25, -0.2) is 9.78 Å².